The van der Waals surface area contributed by atoms with Crippen molar-refractivity contribution < 1.29 is 0 Å². The maximum absolute atomic E-state index is 3.74. The minimum absolute atomic E-state index is 1.06. The van der Waals surface area contributed by atoms with Gasteiger partial charge in [0.05, 0.1) is 0 Å². The Balaban J connectivity index is 1.58. The molecule has 4 aromatic rings. The highest BCUT2D eigenvalue weighted by Gasteiger charge is 2.03. The van der Waals surface area contributed by atoms with Crippen molar-refractivity contribution in [3.8, 4) is 0 Å². The van der Waals surface area contributed by atoms with Gasteiger partial charge < -0.3 is 0 Å². The summed E-state index contributed by atoms with van der Waals surface area (Å²) >= 11 is 14.9. The monoisotopic (exact) mass is 720 g/mol. The Morgan fingerprint density at radius 1 is 0.278 bits per heavy atom. The van der Waals surface area contributed by atoms with E-state index in [1.807, 2.05) is 0 Å². The van der Waals surface area contributed by atoms with Crippen molar-refractivity contribution in [2.45, 2.75) is 0 Å². The Morgan fingerprint density at radius 2 is 0.500 bits per heavy atom. The zero-order valence-corrected chi connectivity index (χ0v) is 25.4. The van der Waals surface area contributed by atoms with Crippen LogP contribution in [0.1, 0.15) is 44.5 Å². The first-order valence-electron chi connectivity index (χ1n) is 11.4. The molecule has 14 rings (SSSR count). The highest BCUT2D eigenvalue weighted by Crippen LogP contribution is 2.28. The van der Waals surface area contributed by atoms with Crippen molar-refractivity contribution >= 4 is 112 Å². The van der Waals surface area contributed by atoms with Crippen LogP contribution in [0.15, 0.2) is 90.7 Å². The Labute approximate surface area is 245 Å². The summed E-state index contributed by atoms with van der Waals surface area (Å²) < 4.78 is 4.24. The zero-order valence-electron chi connectivity index (χ0n) is 19.1. The maximum Gasteiger partial charge on any atom is 0.0253 e. The molecule has 0 N–H and O–H groups in total. The molecule has 176 valence electrons. The molecule has 4 heteroatoms. The van der Waals surface area contributed by atoms with Crippen LogP contribution in [-0.4, -0.2) is 0 Å². The van der Waals surface area contributed by atoms with Gasteiger partial charge in [-0.2, -0.15) is 0 Å². The molecule has 0 amide bonds. The lowest BCUT2D eigenvalue weighted by Crippen LogP contribution is -1.83. The number of rotatable bonds is 0. The van der Waals surface area contributed by atoms with E-state index in [-0.39, 0.29) is 0 Å². The van der Waals surface area contributed by atoms with Crippen molar-refractivity contribution in [2.24, 2.45) is 0 Å². The highest BCUT2D eigenvalue weighted by atomic mass is 79.9. The van der Waals surface area contributed by atoms with Crippen molar-refractivity contribution in [3.63, 3.8) is 0 Å². The van der Waals surface area contributed by atoms with E-state index in [0.717, 1.165) is 62.4 Å². The lowest BCUT2D eigenvalue weighted by atomic mass is 10.0. The molecule has 0 atom stereocenters. The third-order valence-corrected chi connectivity index (χ3v) is 8.67. The Bertz CT molecular complexity index is 1330. The van der Waals surface area contributed by atoms with Gasteiger partial charge in [-0.15, -0.1) is 0 Å². The average Bonchev–Trinajstić information content (AvgIpc) is 2.86. The molecule has 0 aromatic heterocycles. The molecule has 8 bridgehead atoms. The van der Waals surface area contributed by atoms with Crippen LogP contribution in [0.4, 0.5) is 0 Å². The Morgan fingerprint density at radius 3 is 0.694 bits per heavy atom. The standard InChI is InChI=1S/C32H20Br4/c33-29-17-21-1-9-25(29)14-6-22-3-11-27(31(35)18-22)16-8-24-4-12-28(32(36)20-24)15-7-23-2-10-26(13-5-21)30(34)19-23/h1-20H/b13-5-,14-6-,15-7-,16-8-,21-5?,22-6?,23-7?,24-8?,25-14?,26-13?,27-16?,28-15?. The molecule has 0 saturated heterocycles. The fourth-order valence-electron chi connectivity index (χ4n) is 3.87. The van der Waals surface area contributed by atoms with Gasteiger partial charge in [0.2, 0.25) is 0 Å². The fraction of sp³-hybridized carbons (Fsp3) is 0. The first kappa shape index (κ1) is 25.4. The first-order valence-corrected chi connectivity index (χ1v) is 14.5. The third-order valence-electron chi connectivity index (χ3n) is 5.92. The second-order valence-corrected chi connectivity index (χ2v) is 11.9. The van der Waals surface area contributed by atoms with Crippen molar-refractivity contribution in [2.75, 3.05) is 0 Å². The predicted octanol–water partition coefficient (Wildman–Crippen LogP) is 11.7. The summed E-state index contributed by atoms with van der Waals surface area (Å²) in [7, 11) is 0. The maximum atomic E-state index is 3.74. The summed E-state index contributed by atoms with van der Waals surface area (Å²) in [6.45, 7) is 0. The van der Waals surface area contributed by atoms with Crippen LogP contribution in [0.5, 0.6) is 0 Å². The van der Waals surface area contributed by atoms with Gasteiger partial charge in [0.25, 0.3) is 0 Å². The van der Waals surface area contributed by atoms with Crippen LogP contribution < -0.4 is 0 Å². The summed E-state index contributed by atoms with van der Waals surface area (Å²) in [6, 6.07) is 25.7. The van der Waals surface area contributed by atoms with Gasteiger partial charge >= 0.3 is 0 Å². The van der Waals surface area contributed by atoms with E-state index in [2.05, 4.69) is 185 Å². The molecule has 0 heterocycles. The summed E-state index contributed by atoms with van der Waals surface area (Å²) in [5.41, 5.74) is 9.07. The molecule has 4 aromatic carbocycles. The van der Waals surface area contributed by atoms with E-state index in [4.69, 9.17) is 0 Å². The molecule has 0 fully saturated rings. The van der Waals surface area contributed by atoms with Crippen LogP contribution >= 0.6 is 63.7 Å². The van der Waals surface area contributed by atoms with Crippen molar-refractivity contribution in [3.05, 3.63) is 135 Å². The van der Waals surface area contributed by atoms with Gasteiger partial charge in [0.1, 0.15) is 0 Å². The van der Waals surface area contributed by atoms with Crippen LogP contribution in [-0.2, 0) is 0 Å². The average molecular weight is 724 g/mol. The molecule has 36 heavy (non-hydrogen) atoms. The molecule has 0 spiro atoms. The fourth-order valence-corrected chi connectivity index (χ4v) is 5.99. The summed E-state index contributed by atoms with van der Waals surface area (Å²) in [6.07, 6.45) is 17.1. The third kappa shape index (κ3) is 6.18. The van der Waals surface area contributed by atoms with E-state index < -0.39 is 0 Å². The van der Waals surface area contributed by atoms with E-state index >= 15 is 0 Å². The SMILES string of the molecule is Brc1cc2ccc1/C=C\c1ccc(c(Br)c1)/C=C\c1ccc(c(Br)c1)/C=C\c1ccc(c(Br)c1)/C=C\2. The molecule has 0 aliphatic heterocycles. The van der Waals surface area contributed by atoms with E-state index in [1.54, 1.807) is 0 Å². The smallest absolute Gasteiger partial charge is 0.0253 e. The number of halogens is 4. The lowest BCUT2D eigenvalue weighted by molar-refractivity contribution is 1.54. The molecule has 0 nitrogen and oxygen atoms in total. The van der Waals surface area contributed by atoms with Gasteiger partial charge in [-0.1, -0.05) is 161 Å². The largest absolute Gasteiger partial charge is 0.0543 e. The van der Waals surface area contributed by atoms with Crippen molar-refractivity contribution in [1.29, 1.82) is 0 Å². The quantitative estimate of drug-likeness (QED) is 0.149. The molecule has 10 aliphatic rings. The van der Waals surface area contributed by atoms with Crippen LogP contribution in [0, 0.1) is 0 Å². The van der Waals surface area contributed by atoms with Gasteiger partial charge in [-0.05, 0) is 68.8 Å². The first-order chi connectivity index (χ1) is 17.4. The molecule has 10 aliphatic carbocycles. The van der Waals surface area contributed by atoms with Crippen molar-refractivity contribution in [1.82, 2.24) is 0 Å². The molecule has 0 radical (unpaired) electrons. The number of benzene rings is 4. The van der Waals surface area contributed by atoms with E-state index in [1.165, 1.54) is 0 Å². The van der Waals surface area contributed by atoms with Crippen LogP contribution in [0.3, 0.4) is 0 Å². The molecule has 0 saturated carbocycles. The second-order valence-electron chi connectivity index (χ2n) is 8.46. The van der Waals surface area contributed by atoms with Gasteiger partial charge in [0, 0.05) is 17.9 Å². The van der Waals surface area contributed by atoms with Crippen LogP contribution in [0.2, 0.25) is 0 Å². The Kier molecular flexibility index (Phi) is 8.07. The summed E-state index contributed by atoms with van der Waals surface area (Å²) in [5.74, 6) is 0. The topological polar surface area (TPSA) is 0 Å². The predicted molar refractivity (Wildman–Crippen MR) is 172 cm³/mol. The van der Waals surface area contributed by atoms with E-state index in [9.17, 15) is 0 Å². The molecule has 0 unspecified atom stereocenters. The van der Waals surface area contributed by atoms with Gasteiger partial charge in [-0.3, -0.25) is 0 Å². The van der Waals surface area contributed by atoms with Gasteiger partial charge in [-0.25, -0.2) is 0 Å². The normalized spacial score (nSPS) is 16.1. The summed E-state index contributed by atoms with van der Waals surface area (Å²) in [5, 5.41) is 0. The minimum atomic E-state index is 1.06. The second kappa shape index (κ2) is 11.4. The van der Waals surface area contributed by atoms with Gasteiger partial charge in [0.15, 0.2) is 0 Å². The lowest BCUT2D eigenvalue weighted by Gasteiger charge is -2.05. The van der Waals surface area contributed by atoms with E-state index in [0.29, 0.717) is 0 Å². The van der Waals surface area contributed by atoms with Crippen LogP contribution in [0.25, 0.3) is 48.6 Å². The highest BCUT2D eigenvalue weighted by molar-refractivity contribution is 9.11. The minimum Gasteiger partial charge on any atom is -0.0543 e. The Hall–Kier alpha value is -2.24. The number of hydrogen-bond donors (Lipinski definition) is 0. The molecular weight excluding hydrogens is 704 g/mol. The zero-order chi connectivity index (χ0) is 25.1. The molecular formula is C32H20Br4. The summed E-state index contributed by atoms with van der Waals surface area (Å²) in [4.78, 5) is 0. The number of hydrogen-bond acceptors (Lipinski definition) is 0.